The molecule has 0 saturated heterocycles. The number of amides is 3. The molecule has 12 heteroatoms. The van der Waals surface area contributed by atoms with E-state index in [2.05, 4.69) is 16.0 Å². The van der Waals surface area contributed by atoms with Gasteiger partial charge in [-0.15, -0.1) is 23.1 Å². The molecule has 0 atom stereocenters. The Balaban J connectivity index is 1.69. The van der Waals surface area contributed by atoms with Crippen molar-refractivity contribution in [2.45, 2.75) is 11.8 Å². The molecule has 2 aromatic carbocycles. The molecule has 0 aliphatic rings. The number of para-hydroxylation sites is 1. The molecule has 3 aromatic rings. The molecule has 1 aromatic heterocycles. The van der Waals surface area contributed by atoms with Crippen molar-refractivity contribution < 1.29 is 33.8 Å². The summed E-state index contributed by atoms with van der Waals surface area (Å²) in [6.07, 6.45) is 1.62. The number of carbonyl (C=O) groups is 5. The minimum atomic E-state index is -1.24. The Bertz CT molecular complexity index is 1400. The lowest BCUT2D eigenvalue weighted by Gasteiger charge is -2.07. The predicted octanol–water partition coefficient (Wildman–Crippen LogP) is 4.41. The molecule has 0 aliphatic heterocycles. The number of rotatable bonds is 10. The van der Waals surface area contributed by atoms with Crippen LogP contribution in [-0.2, 0) is 19.1 Å². The molecule has 0 aliphatic carbocycles. The number of hydrogen-bond acceptors (Lipinski definition) is 8. The molecule has 4 N–H and O–H groups in total. The Morgan fingerprint density at radius 1 is 0.947 bits per heavy atom. The zero-order valence-corrected chi connectivity index (χ0v) is 21.9. The van der Waals surface area contributed by atoms with E-state index in [4.69, 9.17) is 9.84 Å². The first-order valence-corrected chi connectivity index (χ1v) is 12.8. The number of esters is 1. The number of thiophene rings is 1. The molecule has 10 nitrogen and oxygen atoms in total. The molecule has 0 saturated carbocycles. The number of hydrogen-bond donors (Lipinski definition) is 4. The number of benzene rings is 2. The number of carboxylic acid groups (broad SMARTS) is 1. The Hall–Kier alpha value is -4.42. The van der Waals surface area contributed by atoms with Gasteiger partial charge in [-0.2, -0.15) is 0 Å². The summed E-state index contributed by atoms with van der Waals surface area (Å²) < 4.78 is 4.86. The van der Waals surface area contributed by atoms with Gasteiger partial charge >= 0.3 is 11.9 Å². The Morgan fingerprint density at radius 2 is 1.66 bits per heavy atom. The Labute approximate surface area is 226 Å². The first-order valence-electron chi connectivity index (χ1n) is 11.0. The van der Waals surface area contributed by atoms with Crippen LogP contribution in [0.15, 0.2) is 71.6 Å². The lowest BCUT2D eigenvalue weighted by atomic mass is 10.1. The second kappa shape index (κ2) is 13.2. The minimum Gasteiger partial charge on any atom is -0.478 e. The monoisotopic (exact) mass is 553 g/mol. The molecule has 1 heterocycles. The summed E-state index contributed by atoms with van der Waals surface area (Å²) in [7, 11) is 1.22. The third-order valence-corrected chi connectivity index (χ3v) is 7.08. The molecule has 3 rings (SSSR count). The Morgan fingerprint density at radius 3 is 2.34 bits per heavy atom. The van der Waals surface area contributed by atoms with Gasteiger partial charge in [0.05, 0.1) is 23.3 Å². The van der Waals surface area contributed by atoms with Crippen molar-refractivity contribution in [1.29, 1.82) is 0 Å². The van der Waals surface area contributed by atoms with Gasteiger partial charge in [0.2, 0.25) is 11.8 Å². The highest BCUT2D eigenvalue weighted by Crippen LogP contribution is 2.34. The fourth-order valence-electron chi connectivity index (χ4n) is 3.18. The summed E-state index contributed by atoms with van der Waals surface area (Å²) in [6, 6.07) is 15.5. The van der Waals surface area contributed by atoms with E-state index in [1.165, 1.54) is 18.9 Å². The van der Waals surface area contributed by atoms with Gasteiger partial charge in [-0.1, -0.05) is 24.3 Å². The maximum Gasteiger partial charge on any atom is 0.341 e. The van der Waals surface area contributed by atoms with Gasteiger partial charge in [-0.3, -0.25) is 14.4 Å². The van der Waals surface area contributed by atoms with E-state index in [0.717, 1.165) is 23.5 Å². The summed E-state index contributed by atoms with van der Waals surface area (Å²) >= 11 is 2.15. The van der Waals surface area contributed by atoms with Crippen molar-refractivity contribution in [2.75, 3.05) is 28.8 Å². The van der Waals surface area contributed by atoms with Crippen LogP contribution in [0.3, 0.4) is 0 Å². The molecule has 0 fully saturated rings. The summed E-state index contributed by atoms with van der Waals surface area (Å²) in [4.78, 5) is 61.3. The predicted molar refractivity (Wildman–Crippen MR) is 146 cm³/mol. The average Bonchev–Trinajstić information content (AvgIpc) is 3.22. The molecule has 38 heavy (non-hydrogen) atoms. The van der Waals surface area contributed by atoms with E-state index in [9.17, 15) is 24.0 Å². The summed E-state index contributed by atoms with van der Waals surface area (Å²) in [5, 5.41) is 16.8. The molecular formula is C26H23N3O7S2. The van der Waals surface area contributed by atoms with Gasteiger partial charge in [0.25, 0.3) is 5.91 Å². The number of nitrogens with one attached hydrogen (secondary N) is 3. The highest BCUT2D eigenvalue weighted by molar-refractivity contribution is 8.00. The SMILES string of the molecule is COC(=O)c1c(NC(=O)CSc2cccc(NC(=O)/C=C/C(=O)O)c2)sc(C(=O)Nc2ccccc2)c1C. The number of anilines is 3. The van der Waals surface area contributed by atoms with Crippen LogP contribution >= 0.6 is 23.1 Å². The zero-order valence-electron chi connectivity index (χ0n) is 20.3. The number of carboxylic acids is 1. The standard InChI is InChI=1S/C26H23N3O7S2/c1-15-22(26(35)36-2)25(38-23(15)24(34)28-16-7-4-3-5-8-16)29-20(31)14-37-18-10-6-9-17(13-18)27-19(30)11-12-21(32)33/h3-13H,14H2,1-2H3,(H,27,30)(H,28,34)(H,29,31)(H,32,33)/b12-11+. The highest BCUT2D eigenvalue weighted by Gasteiger charge is 2.26. The molecule has 3 amide bonds. The smallest absolute Gasteiger partial charge is 0.341 e. The average molecular weight is 554 g/mol. The second-order valence-electron chi connectivity index (χ2n) is 7.60. The number of carbonyl (C=O) groups excluding carboxylic acids is 4. The van der Waals surface area contributed by atoms with Crippen LogP contribution in [0.4, 0.5) is 16.4 Å². The van der Waals surface area contributed by atoms with E-state index >= 15 is 0 Å². The van der Waals surface area contributed by atoms with Crippen molar-refractivity contribution in [3.8, 4) is 0 Å². The van der Waals surface area contributed by atoms with E-state index in [1.807, 2.05) is 6.07 Å². The topological polar surface area (TPSA) is 151 Å². The normalized spacial score (nSPS) is 10.6. The van der Waals surface area contributed by atoms with E-state index in [-0.39, 0.29) is 21.2 Å². The van der Waals surface area contributed by atoms with Gasteiger partial charge < -0.3 is 25.8 Å². The minimum absolute atomic E-state index is 0.0284. The fourth-order valence-corrected chi connectivity index (χ4v) is 5.04. The number of methoxy groups -OCH3 is 1. The van der Waals surface area contributed by atoms with Crippen molar-refractivity contribution in [2.24, 2.45) is 0 Å². The summed E-state index contributed by atoms with van der Waals surface area (Å²) in [6.45, 7) is 1.61. The van der Waals surface area contributed by atoms with Crippen LogP contribution < -0.4 is 16.0 Å². The van der Waals surface area contributed by atoms with E-state index in [0.29, 0.717) is 21.8 Å². The van der Waals surface area contributed by atoms with Gasteiger partial charge in [-0.25, -0.2) is 9.59 Å². The maximum absolute atomic E-state index is 12.9. The third kappa shape index (κ3) is 7.79. The van der Waals surface area contributed by atoms with E-state index < -0.39 is 29.7 Å². The molecule has 0 bridgehead atoms. The lowest BCUT2D eigenvalue weighted by Crippen LogP contribution is -2.16. The Kier molecular flexibility index (Phi) is 9.79. The number of ether oxygens (including phenoxy) is 1. The number of aliphatic carboxylic acids is 1. The zero-order chi connectivity index (χ0) is 27.7. The summed E-state index contributed by atoms with van der Waals surface area (Å²) in [5.74, 6) is -3.40. The van der Waals surface area contributed by atoms with Crippen LogP contribution in [0, 0.1) is 6.92 Å². The van der Waals surface area contributed by atoms with Crippen LogP contribution in [-0.4, -0.2) is 47.6 Å². The molecule has 0 unspecified atom stereocenters. The van der Waals surface area contributed by atoms with Crippen molar-refractivity contribution in [3.63, 3.8) is 0 Å². The van der Waals surface area contributed by atoms with Crippen molar-refractivity contribution in [1.82, 2.24) is 0 Å². The first kappa shape index (κ1) is 28.2. The maximum atomic E-state index is 12.9. The lowest BCUT2D eigenvalue weighted by molar-refractivity contribution is -0.131. The largest absolute Gasteiger partial charge is 0.478 e. The molecule has 0 spiro atoms. The summed E-state index contributed by atoms with van der Waals surface area (Å²) in [5.41, 5.74) is 1.50. The van der Waals surface area contributed by atoms with Crippen molar-refractivity contribution >= 4 is 69.1 Å². The molecule has 0 radical (unpaired) electrons. The van der Waals surface area contributed by atoms with Gasteiger partial charge in [0, 0.05) is 28.4 Å². The number of thioether (sulfide) groups is 1. The molecule has 196 valence electrons. The third-order valence-electron chi connectivity index (χ3n) is 4.88. The van der Waals surface area contributed by atoms with Crippen LogP contribution in [0.25, 0.3) is 0 Å². The quantitative estimate of drug-likeness (QED) is 0.164. The van der Waals surface area contributed by atoms with E-state index in [1.54, 1.807) is 55.5 Å². The second-order valence-corrected chi connectivity index (χ2v) is 9.67. The highest BCUT2D eigenvalue weighted by atomic mass is 32.2. The van der Waals surface area contributed by atoms with Crippen LogP contribution in [0.5, 0.6) is 0 Å². The van der Waals surface area contributed by atoms with Gasteiger partial charge in [0.1, 0.15) is 5.00 Å². The fraction of sp³-hybridized carbons (Fsp3) is 0.115. The first-order chi connectivity index (χ1) is 18.2. The molecular weight excluding hydrogens is 530 g/mol. The van der Waals surface area contributed by atoms with Crippen LogP contribution in [0.2, 0.25) is 0 Å². The van der Waals surface area contributed by atoms with Gasteiger partial charge in [0.15, 0.2) is 0 Å². The van der Waals surface area contributed by atoms with Gasteiger partial charge in [-0.05, 0) is 42.8 Å². The van der Waals surface area contributed by atoms with Crippen molar-refractivity contribution in [3.05, 3.63) is 82.8 Å². The van der Waals surface area contributed by atoms with Crippen LogP contribution in [0.1, 0.15) is 25.6 Å².